The maximum Gasteiger partial charge on any atom is 0.418 e. The molecule has 0 atom stereocenters. The van der Waals surface area contributed by atoms with Crippen molar-refractivity contribution in [3.63, 3.8) is 0 Å². The van der Waals surface area contributed by atoms with Crippen LogP contribution in [0.5, 0.6) is 0 Å². The minimum atomic E-state index is -4.49. The summed E-state index contributed by atoms with van der Waals surface area (Å²) in [6.45, 7) is 5.48. The molecule has 3 nitrogen and oxygen atoms in total. The summed E-state index contributed by atoms with van der Waals surface area (Å²) < 4.78 is 38.7. The second-order valence-corrected chi connectivity index (χ2v) is 4.38. The maximum atomic E-state index is 12.9. The third kappa shape index (κ3) is 3.87. The number of carbonyl (C=O) groups is 1. The first-order chi connectivity index (χ1) is 8.77. The third-order valence-corrected chi connectivity index (χ3v) is 2.39. The summed E-state index contributed by atoms with van der Waals surface area (Å²) in [5, 5.41) is 5.21. The molecule has 0 fully saturated rings. The second-order valence-electron chi connectivity index (χ2n) is 4.38. The zero-order chi connectivity index (χ0) is 14.6. The van der Waals surface area contributed by atoms with Crippen LogP contribution in [0.1, 0.15) is 36.7 Å². The summed E-state index contributed by atoms with van der Waals surface area (Å²) in [6.07, 6.45) is -4.49. The van der Waals surface area contributed by atoms with E-state index in [2.05, 4.69) is 10.6 Å². The SMILES string of the molecule is CCNc1c(C(=O)NC(C)C)cccc1C(F)(F)F. The van der Waals surface area contributed by atoms with E-state index in [1.165, 1.54) is 12.1 Å². The van der Waals surface area contributed by atoms with E-state index in [-0.39, 0.29) is 17.3 Å². The number of amides is 1. The molecule has 106 valence electrons. The number of nitrogens with one attached hydrogen (secondary N) is 2. The highest BCUT2D eigenvalue weighted by Crippen LogP contribution is 2.36. The molecule has 0 aromatic heterocycles. The van der Waals surface area contributed by atoms with Gasteiger partial charge in [-0.1, -0.05) is 6.07 Å². The van der Waals surface area contributed by atoms with Crippen LogP contribution in [0, 0.1) is 0 Å². The zero-order valence-corrected chi connectivity index (χ0v) is 11.1. The first kappa shape index (κ1) is 15.3. The van der Waals surface area contributed by atoms with Crippen LogP contribution in [0.4, 0.5) is 18.9 Å². The predicted octanol–water partition coefficient (Wildman–Crippen LogP) is 3.28. The molecule has 0 aliphatic heterocycles. The molecular formula is C13H17F3N2O. The molecule has 0 saturated carbocycles. The van der Waals surface area contributed by atoms with Crippen molar-refractivity contribution in [3.8, 4) is 0 Å². The molecule has 2 N–H and O–H groups in total. The Morgan fingerprint density at radius 1 is 1.32 bits per heavy atom. The number of carbonyl (C=O) groups excluding carboxylic acids is 1. The number of alkyl halides is 3. The Labute approximate surface area is 110 Å². The molecule has 0 unspecified atom stereocenters. The molecule has 1 rings (SSSR count). The molecule has 0 bridgehead atoms. The van der Waals surface area contributed by atoms with E-state index in [9.17, 15) is 18.0 Å². The minimum absolute atomic E-state index is 0.00498. The highest BCUT2D eigenvalue weighted by molar-refractivity contribution is 6.00. The van der Waals surface area contributed by atoms with Gasteiger partial charge in [0.05, 0.1) is 16.8 Å². The van der Waals surface area contributed by atoms with Gasteiger partial charge in [0.25, 0.3) is 5.91 Å². The lowest BCUT2D eigenvalue weighted by atomic mass is 10.1. The maximum absolute atomic E-state index is 12.9. The Morgan fingerprint density at radius 2 is 1.95 bits per heavy atom. The van der Waals surface area contributed by atoms with Crippen LogP contribution < -0.4 is 10.6 Å². The van der Waals surface area contributed by atoms with Gasteiger partial charge in [0.15, 0.2) is 0 Å². The van der Waals surface area contributed by atoms with Gasteiger partial charge in [-0.3, -0.25) is 4.79 Å². The molecule has 0 saturated heterocycles. The number of halogens is 3. The van der Waals surface area contributed by atoms with E-state index in [0.29, 0.717) is 6.54 Å². The molecule has 0 spiro atoms. The van der Waals surface area contributed by atoms with Crippen molar-refractivity contribution in [1.82, 2.24) is 5.32 Å². The monoisotopic (exact) mass is 274 g/mol. The van der Waals surface area contributed by atoms with Gasteiger partial charge < -0.3 is 10.6 Å². The van der Waals surface area contributed by atoms with Gasteiger partial charge in [-0.25, -0.2) is 0 Å². The molecule has 0 heterocycles. The summed E-state index contributed by atoms with van der Waals surface area (Å²) >= 11 is 0. The highest BCUT2D eigenvalue weighted by Gasteiger charge is 2.35. The number of anilines is 1. The largest absolute Gasteiger partial charge is 0.418 e. The number of hydrogen-bond acceptors (Lipinski definition) is 2. The first-order valence-corrected chi connectivity index (χ1v) is 6.02. The molecule has 1 aromatic carbocycles. The van der Waals surface area contributed by atoms with Gasteiger partial charge in [0, 0.05) is 12.6 Å². The zero-order valence-electron chi connectivity index (χ0n) is 11.1. The van der Waals surface area contributed by atoms with E-state index in [4.69, 9.17) is 0 Å². The van der Waals surface area contributed by atoms with E-state index >= 15 is 0 Å². The molecule has 0 aliphatic rings. The van der Waals surface area contributed by atoms with Gasteiger partial charge in [-0.05, 0) is 32.9 Å². The number of hydrogen-bond donors (Lipinski definition) is 2. The average Bonchev–Trinajstić information content (AvgIpc) is 2.27. The number of benzene rings is 1. The Balaban J connectivity index is 3.28. The van der Waals surface area contributed by atoms with Gasteiger partial charge in [0.1, 0.15) is 0 Å². The fraction of sp³-hybridized carbons (Fsp3) is 0.462. The molecule has 0 radical (unpaired) electrons. The van der Waals surface area contributed by atoms with Crippen molar-refractivity contribution in [3.05, 3.63) is 29.3 Å². The number of para-hydroxylation sites is 1. The Kier molecular flexibility index (Phi) is 4.80. The van der Waals surface area contributed by atoms with Crippen molar-refractivity contribution in [2.75, 3.05) is 11.9 Å². The van der Waals surface area contributed by atoms with Crippen LogP contribution in [-0.2, 0) is 6.18 Å². The predicted molar refractivity (Wildman–Crippen MR) is 68.2 cm³/mol. The Hall–Kier alpha value is -1.72. The number of rotatable bonds is 4. The second kappa shape index (κ2) is 5.95. The first-order valence-electron chi connectivity index (χ1n) is 6.02. The van der Waals surface area contributed by atoms with Crippen LogP contribution in [-0.4, -0.2) is 18.5 Å². The van der Waals surface area contributed by atoms with Crippen LogP contribution in [0.15, 0.2) is 18.2 Å². The fourth-order valence-electron chi connectivity index (χ4n) is 1.68. The van der Waals surface area contributed by atoms with Crippen molar-refractivity contribution in [2.45, 2.75) is 33.0 Å². The Morgan fingerprint density at radius 3 is 2.42 bits per heavy atom. The summed E-state index contributed by atoms with van der Waals surface area (Å²) in [5.41, 5.74) is -0.994. The van der Waals surface area contributed by atoms with Crippen molar-refractivity contribution in [2.24, 2.45) is 0 Å². The van der Waals surface area contributed by atoms with Crippen LogP contribution in [0.25, 0.3) is 0 Å². The van der Waals surface area contributed by atoms with E-state index < -0.39 is 17.6 Å². The summed E-state index contributed by atoms with van der Waals surface area (Å²) in [6, 6.07) is 3.44. The average molecular weight is 274 g/mol. The van der Waals surface area contributed by atoms with Crippen molar-refractivity contribution in [1.29, 1.82) is 0 Å². The van der Waals surface area contributed by atoms with E-state index in [0.717, 1.165) is 6.07 Å². The van der Waals surface area contributed by atoms with Crippen LogP contribution in [0.2, 0.25) is 0 Å². The van der Waals surface area contributed by atoms with E-state index in [1.54, 1.807) is 20.8 Å². The smallest absolute Gasteiger partial charge is 0.384 e. The van der Waals surface area contributed by atoms with Gasteiger partial charge in [-0.2, -0.15) is 13.2 Å². The standard InChI is InChI=1S/C13H17F3N2O/c1-4-17-11-9(12(19)18-8(2)3)6-5-7-10(11)13(14,15)16/h5-8,17H,4H2,1-3H3,(H,18,19). The van der Waals surface area contributed by atoms with Gasteiger partial charge >= 0.3 is 6.18 Å². The van der Waals surface area contributed by atoms with Crippen molar-refractivity contribution >= 4 is 11.6 Å². The van der Waals surface area contributed by atoms with Gasteiger partial charge in [0.2, 0.25) is 0 Å². The van der Waals surface area contributed by atoms with Gasteiger partial charge in [-0.15, -0.1) is 0 Å². The molecule has 1 amide bonds. The highest BCUT2D eigenvalue weighted by atomic mass is 19.4. The lowest BCUT2D eigenvalue weighted by Gasteiger charge is -2.18. The third-order valence-electron chi connectivity index (χ3n) is 2.39. The minimum Gasteiger partial charge on any atom is -0.384 e. The van der Waals surface area contributed by atoms with Crippen molar-refractivity contribution < 1.29 is 18.0 Å². The lowest BCUT2D eigenvalue weighted by molar-refractivity contribution is -0.136. The van der Waals surface area contributed by atoms with Crippen LogP contribution >= 0.6 is 0 Å². The molecule has 0 aliphatic carbocycles. The van der Waals surface area contributed by atoms with E-state index in [1.807, 2.05) is 0 Å². The molecule has 1 aromatic rings. The summed E-state index contributed by atoms with van der Waals surface area (Å²) in [4.78, 5) is 11.9. The lowest BCUT2D eigenvalue weighted by Crippen LogP contribution is -2.31. The fourth-order valence-corrected chi connectivity index (χ4v) is 1.68. The molecular weight excluding hydrogens is 257 g/mol. The topological polar surface area (TPSA) is 41.1 Å². The normalized spacial score (nSPS) is 11.5. The van der Waals surface area contributed by atoms with Crippen LogP contribution in [0.3, 0.4) is 0 Å². The molecule has 19 heavy (non-hydrogen) atoms. The Bertz CT molecular complexity index is 456. The summed E-state index contributed by atoms with van der Waals surface area (Å²) in [5.74, 6) is -0.517. The summed E-state index contributed by atoms with van der Waals surface area (Å²) in [7, 11) is 0. The quantitative estimate of drug-likeness (QED) is 0.884. The molecule has 6 heteroatoms.